The van der Waals surface area contributed by atoms with Gasteiger partial charge < -0.3 is 13.8 Å². The van der Waals surface area contributed by atoms with Crippen LogP contribution in [-0.4, -0.2) is 23.1 Å². The van der Waals surface area contributed by atoms with Crippen LogP contribution in [0.3, 0.4) is 0 Å². The third kappa shape index (κ3) is 7.25. The molecule has 0 aromatic rings. The van der Waals surface area contributed by atoms with Crippen LogP contribution in [0, 0.1) is 13.8 Å². The molecule has 0 amide bonds. The van der Waals surface area contributed by atoms with E-state index in [1.807, 2.05) is 0 Å². The SMILES string of the molecule is Br.[CH-]1CCC1.[CH3-].[Mg+2]. The van der Waals surface area contributed by atoms with Crippen LogP contribution in [0.4, 0.5) is 0 Å². The van der Waals surface area contributed by atoms with Crippen molar-refractivity contribution >= 4 is 40.0 Å². The van der Waals surface area contributed by atoms with E-state index >= 15 is 0 Å². The molecule has 2 heteroatoms. The van der Waals surface area contributed by atoms with Crippen LogP contribution < -0.4 is 0 Å². The summed E-state index contributed by atoms with van der Waals surface area (Å²) in [7, 11) is 0. The van der Waals surface area contributed by atoms with Crippen molar-refractivity contribution in [2.24, 2.45) is 0 Å². The molecule has 7 heavy (non-hydrogen) atoms. The predicted octanol–water partition coefficient (Wildman–Crippen LogP) is 2.02. The summed E-state index contributed by atoms with van der Waals surface area (Å²) >= 11 is 0. The van der Waals surface area contributed by atoms with Crippen molar-refractivity contribution in [3.05, 3.63) is 13.8 Å². The first-order valence-electron chi connectivity index (χ1n) is 1.82. The second-order valence-corrected chi connectivity index (χ2v) is 1.22. The van der Waals surface area contributed by atoms with Crippen LogP contribution in [0.25, 0.3) is 0 Å². The first-order valence-corrected chi connectivity index (χ1v) is 1.82. The van der Waals surface area contributed by atoms with Gasteiger partial charge in [-0.25, -0.2) is 0 Å². The molecule has 1 aliphatic rings. The van der Waals surface area contributed by atoms with E-state index in [2.05, 4.69) is 6.42 Å². The summed E-state index contributed by atoms with van der Waals surface area (Å²) in [5.74, 6) is 0. The molecule has 40 valence electrons. The average molecular weight is 175 g/mol. The molecule has 0 aromatic heterocycles. The van der Waals surface area contributed by atoms with Crippen LogP contribution in [0.5, 0.6) is 0 Å². The molecular formula is C5H11BrMg. The normalized spacial score (nSPS) is 13.7. The van der Waals surface area contributed by atoms with Gasteiger partial charge in [0.2, 0.25) is 0 Å². The summed E-state index contributed by atoms with van der Waals surface area (Å²) < 4.78 is 0. The summed E-state index contributed by atoms with van der Waals surface area (Å²) in [6.07, 6.45) is 6.50. The Hall–Kier alpha value is 1.25. The quantitative estimate of drug-likeness (QED) is 0.390. The zero-order valence-electron chi connectivity index (χ0n) is 4.81. The average Bonchev–Trinajstić information content (AvgIpc) is 0.722. The fraction of sp³-hybridized carbons (Fsp3) is 0.600. The first kappa shape index (κ1) is 15.7. The van der Waals surface area contributed by atoms with E-state index in [-0.39, 0.29) is 47.5 Å². The van der Waals surface area contributed by atoms with Gasteiger partial charge in [-0.1, -0.05) is 0 Å². The van der Waals surface area contributed by atoms with Crippen LogP contribution in [0.2, 0.25) is 0 Å². The molecule has 0 bridgehead atoms. The molecule has 1 fully saturated rings. The van der Waals surface area contributed by atoms with E-state index < -0.39 is 0 Å². The molecule has 0 aromatic carbocycles. The second kappa shape index (κ2) is 10.3. The van der Waals surface area contributed by atoms with Crippen LogP contribution >= 0.6 is 17.0 Å². The van der Waals surface area contributed by atoms with Crippen molar-refractivity contribution in [1.29, 1.82) is 0 Å². The molecule has 0 saturated heterocycles. The van der Waals surface area contributed by atoms with Gasteiger partial charge in [0.05, 0.1) is 0 Å². The van der Waals surface area contributed by atoms with Crippen molar-refractivity contribution in [1.82, 2.24) is 0 Å². The van der Waals surface area contributed by atoms with Crippen molar-refractivity contribution in [2.75, 3.05) is 0 Å². The van der Waals surface area contributed by atoms with Gasteiger partial charge in [0.25, 0.3) is 0 Å². The van der Waals surface area contributed by atoms with Gasteiger partial charge in [-0.05, 0) is 0 Å². The zero-order valence-corrected chi connectivity index (χ0v) is 7.94. The van der Waals surface area contributed by atoms with Gasteiger partial charge in [0.15, 0.2) is 0 Å². The Morgan fingerprint density at radius 1 is 1.14 bits per heavy atom. The minimum atomic E-state index is 0. The number of hydrogen-bond donors (Lipinski definition) is 0. The molecule has 0 heterocycles. The molecule has 1 rings (SSSR count). The van der Waals surface area contributed by atoms with Crippen molar-refractivity contribution in [3.63, 3.8) is 0 Å². The Balaban J connectivity index is -0.0000000533. The molecular weight excluding hydrogens is 164 g/mol. The van der Waals surface area contributed by atoms with Crippen LogP contribution in [0.15, 0.2) is 0 Å². The van der Waals surface area contributed by atoms with Crippen LogP contribution in [-0.2, 0) is 0 Å². The van der Waals surface area contributed by atoms with E-state index in [0.29, 0.717) is 0 Å². The van der Waals surface area contributed by atoms with Crippen molar-refractivity contribution in [3.8, 4) is 0 Å². The summed E-state index contributed by atoms with van der Waals surface area (Å²) in [6, 6.07) is 0. The fourth-order valence-corrected chi connectivity index (χ4v) is 0.204. The van der Waals surface area contributed by atoms with E-state index in [1.54, 1.807) is 0 Å². The third-order valence-corrected chi connectivity index (χ3v) is 0.816. The van der Waals surface area contributed by atoms with E-state index in [9.17, 15) is 0 Å². The molecule has 0 aliphatic heterocycles. The maximum atomic E-state index is 2.31. The number of halogens is 1. The fourth-order valence-electron chi connectivity index (χ4n) is 0.204. The molecule has 0 nitrogen and oxygen atoms in total. The van der Waals surface area contributed by atoms with E-state index in [4.69, 9.17) is 0 Å². The minimum absolute atomic E-state index is 0. The molecule has 0 atom stereocenters. The van der Waals surface area contributed by atoms with Gasteiger partial charge in [-0.2, -0.15) is 12.8 Å². The molecule has 0 N–H and O–H groups in total. The molecule has 1 saturated carbocycles. The molecule has 1 aliphatic carbocycles. The minimum Gasteiger partial charge on any atom is -0.358 e. The van der Waals surface area contributed by atoms with Gasteiger partial charge >= 0.3 is 23.1 Å². The van der Waals surface area contributed by atoms with E-state index in [1.165, 1.54) is 19.3 Å². The van der Waals surface area contributed by atoms with Crippen molar-refractivity contribution < 1.29 is 0 Å². The Morgan fingerprint density at radius 2 is 1.29 bits per heavy atom. The smallest absolute Gasteiger partial charge is 0.358 e. The third-order valence-electron chi connectivity index (χ3n) is 0.816. The van der Waals surface area contributed by atoms with Gasteiger partial charge in [-0.15, -0.1) is 23.4 Å². The Morgan fingerprint density at radius 3 is 1.29 bits per heavy atom. The molecule has 0 unspecified atom stereocenters. The standard InChI is InChI=1S/C4H7.CH3.BrH.Mg/c1-2-4-3-1;;;/h1H,2-4H2;1H3;1H;/q2*-1;;+2. The maximum Gasteiger partial charge on any atom is 2.00 e. The summed E-state index contributed by atoms with van der Waals surface area (Å²) in [5, 5.41) is 0. The first-order chi connectivity index (χ1) is 2.00. The second-order valence-electron chi connectivity index (χ2n) is 1.22. The summed E-state index contributed by atoms with van der Waals surface area (Å²) in [6.45, 7) is 0. The Labute approximate surface area is 73.0 Å². The summed E-state index contributed by atoms with van der Waals surface area (Å²) in [5.41, 5.74) is 0. The Kier molecular flexibility index (Phi) is 23.1. The molecule has 0 radical (unpaired) electrons. The predicted molar refractivity (Wildman–Crippen MR) is 40.6 cm³/mol. The van der Waals surface area contributed by atoms with Crippen molar-refractivity contribution in [2.45, 2.75) is 19.3 Å². The molecule has 0 spiro atoms. The van der Waals surface area contributed by atoms with Gasteiger partial charge in [0.1, 0.15) is 0 Å². The largest absolute Gasteiger partial charge is 2.00 e. The van der Waals surface area contributed by atoms with Gasteiger partial charge in [-0.3, -0.25) is 0 Å². The topological polar surface area (TPSA) is 0 Å². The Bertz CT molecular complexity index is 16.0. The zero-order chi connectivity index (χ0) is 2.83. The van der Waals surface area contributed by atoms with Gasteiger partial charge in [0, 0.05) is 0 Å². The van der Waals surface area contributed by atoms with E-state index in [0.717, 1.165) is 0 Å². The van der Waals surface area contributed by atoms with Crippen LogP contribution in [0.1, 0.15) is 19.3 Å². The number of rotatable bonds is 0. The maximum absolute atomic E-state index is 2.31. The monoisotopic (exact) mass is 174 g/mol. The number of hydrogen-bond acceptors (Lipinski definition) is 0. The summed E-state index contributed by atoms with van der Waals surface area (Å²) in [4.78, 5) is 0.